The molecule has 472 valence electrons. The summed E-state index contributed by atoms with van der Waals surface area (Å²) < 4.78 is 14.7. The van der Waals surface area contributed by atoms with Gasteiger partial charge in [-0.2, -0.15) is 0 Å². The number of ether oxygens (including phenoxy) is 2. The van der Waals surface area contributed by atoms with Gasteiger partial charge in [0.2, 0.25) is 0 Å². The summed E-state index contributed by atoms with van der Waals surface area (Å²) in [5.41, 5.74) is 30.5. The lowest BCUT2D eigenvalue weighted by Crippen LogP contribution is -2.62. The van der Waals surface area contributed by atoms with Crippen LogP contribution in [-0.2, 0) is 16.2 Å². The van der Waals surface area contributed by atoms with Gasteiger partial charge in [0.25, 0.3) is 6.71 Å². The van der Waals surface area contributed by atoms with Crippen LogP contribution in [0.5, 0.6) is 23.0 Å². The number of benzene rings is 14. The van der Waals surface area contributed by atoms with Crippen LogP contribution in [0, 0.1) is 0 Å². The molecule has 0 aliphatic carbocycles. The van der Waals surface area contributed by atoms with Crippen LogP contribution in [0.25, 0.3) is 55.6 Å². The second-order valence-corrected chi connectivity index (χ2v) is 28.7. The molecule has 5 aliphatic heterocycles. The number of hydrogen-bond donors (Lipinski definition) is 0. The molecule has 19 rings (SSSR count). The van der Waals surface area contributed by atoms with Crippen LogP contribution >= 0.6 is 0 Å². The number of nitrogens with zero attached hydrogens (tertiary/aromatic N) is 3. The van der Waals surface area contributed by atoms with Gasteiger partial charge >= 0.3 is 0 Å². The second kappa shape index (κ2) is 22.1. The molecule has 0 unspecified atom stereocenters. The maximum absolute atomic E-state index is 7.35. The molecule has 0 radical (unpaired) electrons. The highest BCUT2D eigenvalue weighted by Gasteiger charge is 2.49. The summed E-state index contributed by atoms with van der Waals surface area (Å²) in [5, 5.41) is 0. The van der Waals surface area contributed by atoms with E-state index in [0.29, 0.717) is 0 Å². The van der Waals surface area contributed by atoms with Gasteiger partial charge in [-0.05, 0) is 115 Å². The normalized spacial score (nSPS) is 14.9. The second-order valence-electron chi connectivity index (χ2n) is 28.7. The van der Waals surface area contributed by atoms with Crippen molar-refractivity contribution >= 4 is 74.3 Å². The van der Waals surface area contributed by atoms with E-state index in [1.165, 1.54) is 33.2 Å². The summed E-state index contributed by atoms with van der Waals surface area (Å²) >= 11 is 0. The monoisotopic (exact) mass is 1270 g/mol. The predicted octanol–water partition coefficient (Wildman–Crippen LogP) is 23.1. The minimum Gasteiger partial charge on any atom is -0.457 e. The highest BCUT2D eigenvalue weighted by molar-refractivity contribution is 7.00. The molecule has 0 fully saturated rings. The maximum Gasteiger partial charge on any atom is 0.252 e. The van der Waals surface area contributed by atoms with Crippen molar-refractivity contribution in [1.82, 2.24) is 0 Å². The zero-order valence-corrected chi connectivity index (χ0v) is 56.3. The summed E-state index contributed by atoms with van der Waals surface area (Å²) in [6.07, 6.45) is 0. The zero-order chi connectivity index (χ0) is 66.5. The molecule has 0 amide bonds. The van der Waals surface area contributed by atoms with Gasteiger partial charge < -0.3 is 24.2 Å². The Morgan fingerprint density at radius 2 is 0.616 bits per heavy atom. The van der Waals surface area contributed by atoms with Crippen LogP contribution in [0.1, 0.15) is 74.9 Å². The smallest absolute Gasteiger partial charge is 0.252 e. The third-order valence-electron chi connectivity index (χ3n) is 22.1. The minimum absolute atomic E-state index is 0.315. The average Bonchev–Trinajstić information content (AvgIpc) is 0.678. The van der Waals surface area contributed by atoms with Crippen molar-refractivity contribution < 1.29 is 9.47 Å². The Morgan fingerprint density at radius 3 is 1.06 bits per heavy atom. The molecule has 0 saturated carbocycles. The Hall–Kier alpha value is -11.9. The van der Waals surface area contributed by atoms with Crippen LogP contribution in [0.4, 0.5) is 51.2 Å². The molecular weight excluding hydrogens is 1200 g/mol. The molecule has 0 bridgehead atoms. The molecule has 14 aromatic rings. The molecule has 99 heavy (non-hydrogen) atoms. The van der Waals surface area contributed by atoms with E-state index >= 15 is 0 Å². The van der Waals surface area contributed by atoms with Gasteiger partial charge in [-0.3, -0.25) is 0 Å². The summed E-state index contributed by atoms with van der Waals surface area (Å²) in [5.74, 6) is 3.44. The first-order valence-electron chi connectivity index (χ1n) is 34.7. The molecule has 0 atom stereocenters. The van der Waals surface area contributed by atoms with Crippen molar-refractivity contribution in [2.75, 3.05) is 14.7 Å². The Kier molecular flexibility index (Phi) is 13.1. The largest absolute Gasteiger partial charge is 0.457 e. The van der Waals surface area contributed by atoms with Crippen LogP contribution in [-0.4, -0.2) is 6.71 Å². The predicted molar refractivity (Wildman–Crippen MR) is 412 cm³/mol. The van der Waals surface area contributed by atoms with E-state index < -0.39 is 10.8 Å². The van der Waals surface area contributed by atoms with E-state index in [-0.39, 0.29) is 12.1 Å². The van der Waals surface area contributed by atoms with Crippen molar-refractivity contribution in [3.8, 4) is 78.6 Å². The first kappa shape index (κ1) is 58.5. The van der Waals surface area contributed by atoms with Gasteiger partial charge in [-0.25, -0.2) is 0 Å². The van der Waals surface area contributed by atoms with Crippen molar-refractivity contribution in [1.29, 1.82) is 0 Å². The highest BCUT2D eigenvalue weighted by atomic mass is 16.5. The number of rotatable bonds is 8. The van der Waals surface area contributed by atoms with Crippen molar-refractivity contribution in [3.63, 3.8) is 0 Å². The molecule has 0 saturated heterocycles. The van der Waals surface area contributed by atoms with E-state index in [1.807, 2.05) is 0 Å². The molecule has 0 aromatic heterocycles. The number of anilines is 9. The van der Waals surface area contributed by atoms with Gasteiger partial charge in [0.1, 0.15) is 23.0 Å². The van der Waals surface area contributed by atoms with Crippen LogP contribution in [0.15, 0.2) is 315 Å². The molecular formula is C93H70BN3O2. The fraction of sp³-hybridized carbons (Fsp3) is 0.0968. The molecule has 5 nitrogen and oxygen atoms in total. The Balaban J connectivity index is 0.994. The number of hydrogen-bond acceptors (Lipinski definition) is 5. The van der Waals surface area contributed by atoms with E-state index in [2.05, 4.69) is 372 Å². The van der Waals surface area contributed by atoms with Gasteiger partial charge in [-0.1, -0.05) is 290 Å². The summed E-state index contributed by atoms with van der Waals surface area (Å²) in [7, 11) is 0. The third kappa shape index (κ3) is 8.88. The third-order valence-corrected chi connectivity index (χ3v) is 22.1. The standard InChI is InChI=1S/C93H70BN3O2/c1-91(2)70-44-22-25-47-78(70)95(65-38-20-11-21-39-65)79-51-50-63(52-73(79)91)64-53-82-88-83(54-64)97(90-68(61-34-16-9-17-35-61)42-29-43-69(90)62-36-18-10-19-37-62)81-58-87-75(93(5,6)72-46-24-27-49-85(72)99-87)56-77(81)94(88)76-55-74-86(98-84-48-26-23-45-71(84)92(74,3)4)57-80(76)96(82)89-66(59-30-12-7-13-31-59)40-28-41-67(89)60-32-14-8-15-33-60/h7-58H,1-6H3. The maximum atomic E-state index is 7.35. The topological polar surface area (TPSA) is 28.2 Å². The number of para-hydroxylation sites is 6. The zero-order valence-electron chi connectivity index (χ0n) is 56.3. The van der Waals surface area contributed by atoms with Crippen LogP contribution in [0.3, 0.4) is 0 Å². The van der Waals surface area contributed by atoms with Crippen molar-refractivity contribution in [2.24, 2.45) is 0 Å². The Bertz CT molecular complexity index is 5230. The fourth-order valence-electron chi connectivity index (χ4n) is 17.2. The molecule has 0 N–H and O–H groups in total. The fourth-order valence-corrected chi connectivity index (χ4v) is 17.2. The Labute approximate surface area is 580 Å². The van der Waals surface area contributed by atoms with E-state index in [4.69, 9.17) is 9.47 Å². The van der Waals surface area contributed by atoms with E-state index in [1.54, 1.807) is 0 Å². The van der Waals surface area contributed by atoms with Crippen molar-refractivity contribution in [3.05, 3.63) is 349 Å². The lowest BCUT2D eigenvalue weighted by Gasteiger charge is -2.47. The molecule has 0 spiro atoms. The quantitative estimate of drug-likeness (QED) is 0.141. The van der Waals surface area contributed by atoms with E-state index in [0.717, 1.165) is 146 Å². The van der Waals surface area contributed by atoms with Crippen LogP contribution < -0.4 is 40.6 Å². The van der Waals surface area contributed by atoms with E-state index in [9.17, 15) is 0 Å². The van der Waals surface area contributed by atoms with Gasteiger partial charge in [-0.15, -0.1) is 0 Å². The van der Waals surface area contributed by atoms with Crippen LogP contribution in [0.2, 0.25) is 0 Å². The SMILES string of the molecule is CC1(C)c2ccccc2Oc2cc3c(cc21)B1c2cc4c(cc2N(c2c(-c5ccccc5)cccc2-c2ccccc2)c2cc(-c5ccc6c(c5)C(C)(C)c5ccccc5N6c5ccccc5)cc(c21)N3c1c(-c2ccccc2)cccc1-c1ccccc1)Oc1ccccc1C4(C)C. The lowest BCUT2D eigenvalue weighted by molar-refractivity contribution is 0.418. The summed E-state index contributed by atoms with van der Waals surface area (Å²) in [6.45, 7) is 14.0. The lowest BCUT2D eigenvalue weighted by atomic mass is 9.33. The summed E-state index contributed by atoms with van der Waals surface area (Å²) in [4.78, 5) is 7.76. The first-order valence-corrected chi connectivity index (χ1v) is 34.7. The average molecular weight is 1270 g/mol. The molecule has 6 heteroatoms. The Morgan fingerprint density at radius 1 is 0.242 bits per heavy atom. The van der Waals surface area contributed by atoms with Gasteiger partial charge in [0.05, 0.1) is 22.7 Å². The minimum atomic E-state index is -0.441. The highest BCUT2D eigenvalue weighted by Crippen LogP contribution is 2.59. The molecule has 5 heterocycles. The van der Waals surface area contributed by atoms with Gasteiger partial charge in [0.15, 0.2) is 0 Å². The molecule has 14 aromatic carbocycles. The van der Waals surface area contributed by atoms with Gasteiger partial charge in [0, 0.05) is 101 Å². The number of fused-ring (bicyclic) bond motifs is 10. The van der Waals surface area contributed by atoms with Crippen molar-refractivity contribution in [2.45, 2.75) is 57.8 Å². The summed E-state index contributed by atoms with van der Waals surface area (Å²) in [6, 6.07) is 117. The first-order chi connectivity index (χ1) is 48.4. The molecule has 5 aliphatic rings.